The van der Waals surface area contributed by atoms with Gasteiger partial charge in [0, 0.05) is 31.0 Å². The smallest absolute Gasteiger partial charge is 0.313 e. The van der Waals surface area contributed by atoms with E-state index in [4.69, 9.17) is 0 Å². The van der Waals surface area contributed by atoms with Crippen LogP contribution in [0.4, 0.5) is 11.4 Å². The van der Waals surface area contributed by atoms with Crippen LogP contribution < -0.4 is 15.5 Å². The van der Waals surface area contributed by atoms with Crippen molar-refractivity contribution in [2.75, 3.05) is 50.5 Å². The summed E-state index contributed by atoms with van der Waals surface area (Å²) < 4.78 is 0. The first-order chi connectivity index (χ1) is 11.1. The maximum absolute atomic E-state index is 11.8. The summed E-state index contributed by atoms with van der Waals surface area (Å²) in [4.78, 5) is 27.9. The molecule has 1 heterocycles. The Kier molecular flexibility index (Phi) is 6.40. The third-order valence-corrected chi connectivity index (χ3v) is 3.87. The van der Waals surface area contributed by atoms with Gasteiger partial charge in [-0.25, -0.2) is 0 Å². The second-order valence-corrected chi connectivity index (χ2v) is 6.11. The predicted molar refractivity (Wildman–Crippen MR) is 92.7 cm³/mol. The van der Waals surface area contributed by atoms with Crippen LogP contribution in [0.15, 0.2) is 24.3 Å². The second kappa shape index (κ2) is 8.53. The van der Waals surface area contributed by atoms with Crippen molar-refractivity contribution >= 4 is 23.2 Å². The summed E-state index contributed by atoms with van der Waals surface area (Å²) in [5.74, 6) is -1.21. The Bertz CT molecular complexity index is 522. The molecule has 23 heavy (non-hydrogen) atoms. The molecule has 0 radical (unpaired) electrons. The molecule has 1 saturated heterocycles. The molecule has 6 nitrogen and oxygen atoms in total. The molecule has 2 rings (SSSR count). The van der Waals surface area contributed by atoms with Gasteiger partial charge >= 0.3 is 11.8 Å². The molecule has 0 aliphatic carbocycles. The van der Waals surface area contributed by atoms with Crippen LogP contribution >= 0.6 is 0 Å². The highest BCUT2D eigenvalue weighted by atomic mass is 16.2. The number of rotatable bonds is 6. The molecular weight excluding hydrogens is 292 g/mol. The van der Waals surface area contributed by atoms with Gasteiger partial charge < -0.3 is 20.4 Å². The number of amides is 2. The van der Waals surface area contributed by atoms with Crippen molar-refractivity contribution in [3.63, 3.8) is 0 Å². The lowest BCUT2D eigenvalue weighted by Gasteiger charge is -2.17. The summed E-state index contributed by atoms with van der Waals surface area (Å²) in [6.45, 7) is 3.54. The van der Waals surface area contributed by atoms with Gasteiger partial charge in [-0.1, -0.05) is 0 Å². The van der Waals surface area contributed by atoms with Crippen molar-refractivity contribution in [1.29, 1.82) is 0 Å². The number of carbonyl (C=O) groups excluding carboxylic acids is 2. The number of carbonyl (C=O) groups is 2. The summed E-state index contributed by atoms with van der Waals surface area (Å²) in [6, 6.07) is 7.64. The van der Waals surface area contributed by atoms with Crippen LogP contribution in [-0.2, 0) is 9.59 Å². The average molecular weight is 318 g/mol. The summed E-state index contributed by atoms with van der Waals surface area (Å²) in [5, 5.41) is 5.26. The first-order valence-corrected chi connectivity index (χ1v) is 8.15. The van der Waals surface area contributed by atoms with Crippen LogP contribution in [0.25, 0.3) is 0 Å². The molecule has 0 atom stereocenters. The van der Waals surface area contributed by atoms with Crippen LogP contribution in [0.2, 0.25) is 0 Å². The molecule has 2 N–H and O–H groups in total. The van der Waals surface area contributed by atoms with Crippen molar-refractivity contribution in [2.45, 2.75) is 19.3 Å². The topological polar surface area (TPSA) is 64.7 Å². The number of hydrogen-bond donors (Lipinski definition) is 2. The van der Waals surface area contributed by atoms with Crippen LogP contribution in [0.5, 0.6) is 0 Å². The van der Waals surface area contributed by atoms with Gasteiger partial charge in [0.1, 0.15) is 0 Å². The highest BCUT2D eigenvalue weighted by Gasteiger charge is 2.14. The highest BCUT2D eigenvalue weighted by Crippen LogP contribution is 2.21. The standard InChI is InChI=1S/C17H26N4O2/c1-20(2)11-5-10-18-16(22)17(23)19-14-6-8-15(9-7-14)21-12-3-4-13-21/h6-9H,3-5,10-13H2,1-2H3,(H,18,22)(H,19,23). The summed E-state index contributed by atoms with van der Waals surface area (Å²) in [5.41, 5.74) is 1.80. The van der Waals surface area contributed by atoms with E-state index in [2.05, 4.69) is 15.5 Å². The van der Waals surface area contributed by atoms with E-state index < -0.39 is 11.8 Å². The molecular formula is C17H26N4O2. The number of benzene rings is 1. The Morgan fingerprint density at radius 3 is 2.35 bits per heavy atom. The van der Waals surface area contributed by atoms with Gasteiger partial charge in [-0.15, -0.1) is 0 Å². The van der Waals surface area contributed by atoms with Gasteiger partial charge in [0.05, 0.1) is 0 Å². The number of nitrogens with one attached hydrogen (secondary N) is 2. The lowest BCUT2D eigenvalue weighted by Crippen LogP contribution is -2.36. The Labute approximate surface area is 137 Å². The third kappa shape index (κ3) is 5.56. The van der Waals surface area contributed by atoms with E-state index in [-0.39, 0.29) is 0 Å². The highest BCUT2D eigenvalue weighted by molar-refractivity contribution is 6.39. The summed E-state index contributed by atoms with van der Waals surface area (Å²) >= 11 is 0. The van der Waals surface area contributed by atoms with E-state index in [1.54, 1.807) is 0 Å². The van der Waals surface area contributed by atoms with Crippen LogP contribution in [-0.4, -0.2) is 57.0 Å². The molecule has 0 unspecified atom stereocenters. The minimum atomic E-state index is -0.622. The SMILES string of the molecule is CN(C)CCCNC(=O)C(=O)Nc1ccc(N2CCCC2)cc1. The van der Waals surface area contributed by atoms with Gasteiger partial charge in [-0.2, -0.15) is 0 Å². The van der Waals surface area contributed by atoms with Gasteiger partial charge in [0.25, 0.3) is 0 Å². The van der Waals surface area contributed by atoms with Gasteiger partial charge in [0.15, 0.2) is 0 Å². The van der Waals surface area contributed by atoms with Crippen LogP contribution in [0.3, 0.4) is 0 Å². The zero-order valence-electron chi connectivity index (χ0n) is 14.0. The van der Waals surface area contributed by atoms with E-state index in [1.165, 1.54) is 12.8 Å². The molecule has 1 aliphatic rings. The Morgan fingerprint density at radius 2 is 1.74 bits per heavy atom. The molecule has 1 aliphatic heterocycles. The molecule has 6 heteroatoms. The quantitative estimate of drug-likeness (QED) is 0.613. The van der Waals surface area contributed by atoms with Crippen molar-refractivity contribution in [2.24, 2.45) is 0 Å². The zero-order chi connectivity index (χ0) is 16.7. The molecule has 0 saturated carbocycles. The molecule has 1 aromatic carbocycles. The van der Waals surface area contributed by atoms with Crippen molar-refractivity contribution in [3.05, 3.63) is 24.3 Å². The van der Waals surface area contributed by atoms with Crippen molar-refractivity contribution in [1.82, 2.24) is 10.2 Å². The normalized spacial score (nSPS) is 14.1. The van der Waals surface area contributed by atoms with E-state index in [0.717, 1.165) is 31.7 Å². The fourth-order valence-electron chi connectivity index (χ4n) is 2.60. The van der Waals surface area contributed by atoms with E-state index in [9.17, 15) is 9.59 Å². The van der Waals surface area contributed by atoms with Gasteiger partial charge in [0.2, 0.25) is 0 Å². The molecule has 1 aromatic rings. The Balaban J connectivity index is 1.76. The monoisotopic (exact) mass is 318 g/mol. The number of nitrogens with zero attached hydrogens (tertiary/aromatic N) is 2. The molecule has 126 valence electrons. The molecule has 0 spiro atoms. The molecule has 0 bridgehead atoms. The first kappa shape index (κ1) is 17.3. The van der Waals surface area contributed by atoms with Gasteiger partial charge in [-0.05, 0) is 64.2 Å². The number of anilines is 2. The zero-order valence-corrected chi connectivity index (χ0v) is 14.0. The molecule has 2 amide bonds. The van der Waals surface area contributed by atoms with Crippen LogP contribution in [0, 0.1) is 0 Å². The van der Waals surface area contributed by atoms with Crippen molar-refractivity contribution < 1.29 is 9.59 Å². The fourth-order valence-corrected chi connectivity index (χ4v) is 2.60. The fraction of sp³-hybridized carbons (Fsp3) is 0.529. The number of hydrogen-bond acceptors (Lipinski definition) is 4. The third-order valence-electron chi connectivity index (χ3n) is 3.87. The molecule has 0 aromatic heterocycles. The van der Waals surface area contributed by atoms with Crippen molar-refractivity contribution in [3.8, 4) is 0 Å². The second-order valence-electron chi connectivity index (χ2n) is 6.11. The van der Waals surface area contributed by atoms with Gasteiger partial charge in [-0.3, -0.25) is 9.59 Å². The Morgan fingerprint density at radius 1 is 1.09 bits per heavy atom. The minimum absolute atomic E-state index is 0.498. The first-order valence-electron chi connectivity index (χ1n) is 8.15. The van der Waals surface area contributed by atoms with E-state index >= 15 is 0 Å². The van der Waals surface area contributed by atoms with E-state index in [0.29, 0.717) is 12.2 Å². The average Bonchev–Trinajstić information content (AvgIpc) is 3.06. The largest absolute Gasteiger partial charge is 0.372 e. The lowest BCUT2D eigenvalue weighted by atomic mass is 10.2. The summed E-state index contributed by atoms with van der Waals surface area (Å²) in [6.07, 6.45) is 3.27. The minimum Gasteiger partial charge on any atom is -0.372 e. The lowest BCUT2D eigenvalue weighted by molar-refractivity contribution is -0.136. The Hall–Kier alpha value is -2.08. The maximum atomic E-state index is 11.8. The maximum Gasteiger partial charge on any atom is 0.313 e. The summed E-state index contributed by atoms with van der Waals surface area (Å²) in [7, 11) is 3.95. The predicted octanol–water partition coefficient (Wildman–Crippen LogP) is 1.29. The van der Waals surface area contributed by atoms with E-state index in [1.807, 2.05) is 43.3 Å². The van der Waals surface area contributed by atoms with Crippen LogP contribution in [0.1, 0.15) is 19.3 Å². The molecule has 1 fully saturated rings.